The fraction of sp³-hybridized carbons (Fsp3) is 0.333. The van der Waals surface area contributed by atoms with Crippen LogP contribution in [-0.2, 0) is 26.1 Å². The fourth-order valence-electron chi connectivity index (χ4n) is 2.90. The van der Waals surface area contributed by atoms with Crippen molar-refractivity contribution in [2.24, 2.45) is 0 Å². The molecule has 1 saturated carbocycles. The van der Waals surface area contributed by atoms with Crippen LogP contribution in [0.3, 0.4) is 0 Å². The summed E-state index contributed by atoms with van der Waals surface area (Å²) in [6.07, 6.45) is 0.392. The van der Waals surface area contributed by atoms with Gasteiger partial charge in [0.1, 0.15) is 4.90 Å². The number of likely N-dealkylation sites (N-methyl/N-ethyl adjacent to an activating group) is 1. The van der Waals surface area contributed by atoms with Crippen molar-refractivity contribution in [2.75, 3.05) is 7.05 Å². The fourth-order valence-corrected chi connectivity index (χ4v) is 5.05. The molecule has 0 spiro atoms. The SMILES string of the molecule is CC(OC(=O)c1cc(S(=O)(=O)NC2CC2)c(Cl)cc1Cl)C(=O)N(C)Cc1ccccc1. The first-order chi connectivity index (χ1) is 14.6. The second kappa shape index (κ2) is 9.56. The summed E-state index contributed by atoms with van der Waals surface area (Å²) in [6.45, 7) is 1.79. The zero-order chi connectivity index (χ0) is 22.8. The molecule has 1 fully saturated rings. The highest BCUT2D eigenvalue weighted by atomic mass is 35.5. The first-order valence-corrected chi connectivity index (χ1v) is 11.8. The van der Waals surface area contributed by atoms with Crippen LogP contribution in [-0.4, -0.2) is 44.4 Å². The van der Waals surface area contributed by atoms with Crippen molar-refractivity contribution in [3.8, 4) is 0 Å². The Bertz CT molecular complexity index is 1090. The highest BCUT2D eigenvalue weighted by molar-refractivity contribution is 7.89. The lowest BCUT2D eigenvalue weighted by Crippen LogP contribution is -2.37. The number of ether oxygens (including phenoxy) is 1. The van der Waals surface area contributed by atoms with Crippen molar-refractivity contribution >= 4 is 45.1 Å². The molecule has 0 bridgehead atoms. The third-order valence-electron chi connectivity index (χ3n) is 4.70. The molecule has 166 valence electrons. The van der Waals surface area contributed by atoms with Gasteiger partial charge in [0.25, 0.3) is 5.91 Å². The van der Waals surface area contributed by atoms with E-state index < -0.39 is 28.0 Å². The van der Waals surface area contributed by atoms with Gasteiger partial charge in [0, 0.05) is 19.6 Å². The molecule has 0 aliphatic heterocycles. The van der Waals surface area contributed by atoms with E-state index in [0.29, 0.717) is 6.54 Å². The number of benzene rings is 2. The number of nitrogens with one attached hydrogen (secondary N) is 1. The van der Waals surface area contributed by atoms with Crippen LogP contribution < -0.4 is 4.72 Å². The molecule has 2 aromatic carbocycles. The molecule has 0 saturated heterocycles. The number of sulfonamides is 1. The molecule has 0 heterocycles. The number of hydrogen-bond donors (Lipinski definition) is 1. The zero-order valence-electron chi connectivity index (χ0n) is 17.0. The van der Waals surface area contributed by atoms with E-state index in [9.17, 15) is 18.0 Å². The van der Waals surface area contributed by atoms with Crippen molar-refractivity contribution in [3.05, 3.63) is 63.6 Å². The third kappa shape index (κ3) is 5.98. The highest BCUT2D eigenvalue weighted by Gasteiger charge is 2.31. The molecule has 3 rings (SSSR count). The molecule has 0 radical (unpaired) electrons. The average Bonchev–Trinajstić information content (AvgIpc) is 3.51. The quantitative estimate of drug-likeness (QED) is 0.577. The Kier molecular flexibility index (Phi) is 7.26. The van der Waals surface area contributed by atoms with Crippen LogP contribution in [0.2, 0.25) is 10.0 Å². The summed E-state index contributed by atoms with van der Waals surface area (Å²) in [5.41, 5.74) is 0.739. The van der Waals surface area contributed by atoms with Crippen molar-refractivity contribution in [1.82, 2.24) is 9.62 Å². The summed E-state index contributed by atoms with van der Waals surface area (Å²) in [6, 6.07) is 11.5. The maximum Gasteiger partial charge on any atom is 0.340 e. The number of hydrogen-bond acceptors (Lipinski definition) is 5. The van der Waals surface area contributed by atoms with Crippen LogP contribution in [0.25, 0.3) is 0 Å². The lowest BCUT2D eigenvalue weighted by molar-refractivity contribution is -0.139. The minimum atomic E-state index is -3.92. The number of halogens is 2. The largest absolute Gasteiger partial charge is 0.449 e. The molecular weight excluding hydrogens is 463 g/mol. The van der Waals surface area contributed by atoms with Crippen LogP contribution >= 0.6 is 23.2 Å². The number of rotatable bonds is 8. The Morgan fingerprint density at radius 1 is 1.16 bits per heavy atom. The lowest BCUT2D eigenvalue weighted by atomic mass is 10.2. The molecule has 31 heavy (non-hydrogen) atoms. The molecule has 2 aromatic rings. The van der Waals surface area contributed by atoms with Gasteiger partial charge in [0.05, 0.1) is 15.6 Å². The molecule has 1 unspecified atom stereocenters. The first kappa shape index (κ1) is 23.5. The topological polar surface area (TPSA) is 92.8 Å². The van der Waals surface area contributed by atoms with Crippen molar-refractivity contribution in [1.29, 1.82) is 0 Å². The average molecular weight is 485 g/mol. The van der Waals surface area contributed by atoms with Gasteiger partial charge in [-0.1, -0.05) is 53.5 Å². The summed E-state index contributed by atoms with van der Waals surface area (Å²) >= 11 is 12.2. The van der Waals surface area contributed by atoms with Gasteiger partial charge in [0.15, 0.2) is 6.10 Å². The normalized spacial score (nSPS) is 14.7. The van der Waals surface area contributed by atoms with Crippen LogP contribution in [0.15, 0.2) is 47.4 Å². The standard InChI is InChI=1S/C21H22Cl2N2O5S/c1-13(20(26)25(2)12-14-6-4-3-5-7-14)30-21(27)16-10-19(18(23)11-17(16)22)31(28,29)24-15-8-9-15/h3-7,10-11,13,15,24H,8-9,12H2,1-2H3. The van der Waals surface area contributed by atoms with Crippen molar-refractivity contribution in [2.45, 2.75) is 43.4 Å². The van der Waals surface area contributed by atoms with E-state index in [4.69, 9.17) is 27.9 Å². The number of amides is 1. The molecule has 1 aliphatic carbocycles. The summed E-state index contributed by atoms with van der Waals surface area (Å²) in [4.78, 5) is 26.4. The summed E-state index contributed by atoms with van der Waals surface area (Å²) in [7, 11) is -2.32. The van der Waals surface area contributed by atoms with E-state index in [1.165, 1.54) is 17.9 Å². The smallest absolute Gasteiger partial charge is 0.340 e. The van der Waals surface area contributed by atoms with E-state index in [1.54, 1.807) is 7.05 Å². The second-order valence-electron chi connectivity index (χ2n) is 7.39. The maximum absolute atomic E-state index is 12.7. The first-order valence-electron chi connectivity index (χ1n) is 9.59. The van der Waals surface area contributed by atoms with Crippen LogP contribution in [0, 0.1) is 0 Å². The molecule has 7 nitrogen and oxygen atoms in total. The Hall–Kier alpha value is -2.13. The number of esters is 1. The minimum absolute atomic E-state index is 0.0716. The molecular formula is C21H22Cl2N2O5S. The highest BCUT2D eigenvalue weighted by Crippen LogP contribution is 2.31. The van der Waals surface area contributed by atoms with Crippen LogP contribution in [0.4, 0.5) is 0 Å². The number of nitrogens with zero attached hydrogens (tertiary/aromatic N) is 1. The molecule has 1 aliphatic rings. The summed E-state index contributed by atoms with van der Waals surface area (Å²) < 4.78 is 32.8. The van der Waals surface area contributed by atoms with E-state index in [0.717, 1.165) is 24.5 Å². The van der Waals surface area contributed by atoms with Gasteiger partial charge in [-0.3, -0.25) is 4.79 Å². The molecule has 1 N–H and O–H groups in total. The number of carbonyl (C=O) groups excluding carboxylic acids is 2. The Morgan fingerprint density at radius 3 is 2.42 bits per heavy atom. The Balaban J connectivity index is 1.73. The van der Waals surface area contributed by atoms with E-state index >= 15 is 0 Å². The van der Waals surface area contributed by atoms with E-state index in [-0.39, 0.29) is 26.5 Å². The third-order valence-corrected chi connectivity index (χ3v) is 7.00. The van der Waals surface area contributed by atoms with Gasteiger partial charge in [-0.05, 0) is 37.5 Å². The van der Waals surface area contributed by atoms with Crippen molar-refractivity contribution < 1.29 is 22.7 Å². The Labute approximate surface area is 191 Å². The predicted molar refractivity (Wildman–Crippen MR) is 118 cm³/mol. The van der Waals surface area contributed by atoms with Gasteiger partial charge in [-0.25, -0.2) is 17.9 Å². The lowest BCUT2D eigenvalue weighted by Gasteiger charge is -2.22. The molecule has 1 atom stereocenters. The van der Waals surface area contributed by atoms with Gasteiger partial charge in [-0.15, -0.1) is 0 Å². The second-order valence-corrected chi connectivity index (χ2v) is 9.88. The van der Waals surface area contributed by atoms with E-state index in [2.05, 4.69) is 4.72 Å². The van der Waals surface area contributed by atoms with Gasteiger partial charge < -0.3 is 9.64 Å². The van der Waals surface area contributed by atoms with Gasteiger partial charge in [0.2, 0.25) is 10.0 Å². The molecule has 0 aromatic heterocycles. The zero-order valence-corrected chi connectivity index (χ0v) is 19.3. The molecule has 1 amide bonds. The molecule has 10 heteroatoms. The van der Waals surface area contributed by atoms with Gasteiger partial charge in [-0.2, -0.15) is 0 Å². The monoisotopic (exact) mass is 484 g/mol. The van der Waals surface area contributed by atoms with E-state index in [1.807, 2.05) is 30.3 Å². The maximum atomic E-state index is 12.7. The predicted octanol–water partition coefficient (Wildman–Crippen LogP) is 3.64. The minimum Gasteiger partial charge on any atom is -0.449 e. The van der Waals surface area contributed by atoms with Crippen LogP contribution in [0.1, 0.15) is 35.7 Å². The Morgan fingerprint density at radius 2 is 1.81 bits per heavy atom. The summed E-state index contributed by atoms with van der Waals surface area (Å²) in [5, 5.41) is -0.181. The van der Waals surface area contributed by atoms with Gasteiger partial charge >= 0.3 is 5.97 Å². The van der Waals surface area contributed by atoms with Crippen LogP contribution in [0.5, 0.6) is 0 Å². The number of carbonyl (C=O) groups is 2. The summed E-state index contributed by atoms with van der Waals surface area (Å²) in [5.74, 6) is -1.33. The van der Waals surface area contributed by atoms with Crippen molar-refractivity contribution in [3.63, 3.8) is 0 Å².